The minimum absolute atomic E-state index is 0.370. The topological polar surface area (TPSA) is 104 Å². The van der Waals surface area contributed by atoms with Crippen LogP contribution in [0.4, 0.5) is 16.3 Å². The molecule has 1 fully saturated rings. The van der Waals surface area contributed by atoms with Crippen molar-refractivity contribution in [3.8, 4) is 11.4 Å². The second kappa shape index (κ2) is 13.2. The van der Waals surface area contributed by atoms with Gasteiger partial charge in [0.05, 0.1) is 39.7 Å². The van der Waals surface area contributed by atoms with Crippen LogP contribution in [0, 0.1) is 0 Å². The molecule has 5 rings (SSSR count). The highest BCUT2D eigenvalue weighted by Gasteiger charge is 2.13. The molecule has 2 amide bonds. The molecule has 0 bridgehead atoms. The van der Waals surface area contributed by atoms with Gasteiger partial charge in [-0.25, -0.2) is 20.2 Å². The zero-order chi connectivity index (χ0) is 27.0. The molecule has 0 aliphatic carbocycles. The van der Waals surface area contributed by atoms with Crippen molar-refractivity contribution < 1.29 is 9.53 Å². The molecule has 0 atom stereocenters. The third kappa shape index (κ3) is 7.23. The van der Waals surface area contributed by atoms with E-state index < -0.39 is 6.03 Å². The first kappa shape index (κ1) is 27.3. The summed E-state index contributed by atoms with van der Waals surface area (Å²) in [4.78, 5) is 24.2. The number of fused-ring (bicyclic) bond motifs is 1. The molecule has 12 heteroatoms. The van der Waals surface area contributed by atoms with Crippen LogP contribution < -0.4 is 16.1 Å². The lowest BCUT2D eigenvalue weighted by molar-refractivity contribution is 0.0378. The third-order valence-corrected chi connectivity index (χ3v) is 7.85. The maximum absolute atomic E-state index is 12.3. The van der Waals surface area contributed by atoms with Crippen molar-refractivity contribution >= 4 is 68.5 Å². The SMILES string of the molecule is O=C(N/N=C/c1cccc(Cl)c1Cl)Nc1ccc(-c2nc(NCCCN3CCOCC3)c3sccc3n2)cc1. The van der Waals surface area contributed by atoms with Gasteiger partial charge in [-0.05, 0) is 54.7 Å². The predicted octanol–water partition coefficient (Wildman–Crippen LogP) is 5.95. The number of thiophene rings is 1. The van der Waals surface area contributed by atoms with E-state index in [1.807, 2.05) is 23.6 Å². The summed E-state index contributed by atoms with van der Waals surface area (Å²) >= 11 is 13.8. The number of hydrazone groups is 1. The Hall–Kier alpha value is -3.28. The number of anilines is 2. The number of aromatic nitrogens is 2. The van der Waals surface area contributed by atoms with Crippen LogP contribution in [0.25, 0.3) is 21.6 Å². The minimum atomic E-state index is -0.489. The summed E-state index contributed by atoms with van der Waals surface area (Å²) < 4.78 is 6.47. The summed E-state index contributed by atoms with van der Waals surface area (Å²) in [6.07, 6.45) is 2.45. The second-order valence-electron chi connectivity index (χ2n) is 8.81. The monoisotopic (exact) mass is 583 g/mol. The van der Waals surface area contributed by atoms with Crippen LogP contribution in [0.1, 0.15) is 12.0 Å². The smallest absolute Gasteiger partial charge is 0.339 e. The van der Waals surface area contributed by atoms with E-state index in [1.165, 1.54) is 6.21 Å². The van der Waals surface area contributed by atoms with Gasteiger partial charge in [0.1, 0.15) is 5.82 Å². The van der Waals surface area contributed by atoms with E-state index in [0.29, 0.717) is 27.1 Å². The van der Waals surface area contributed by atoms with Crippen molar-refractivity contribution in [3.05, 3.63) is 69.5 Å². The Morgan fingerprint density at radius 1 is 1.10 bits per heavy atom. The van der Waals surface area contributed by atoms with Crippen molar-refractivity contribution in [2.75, 3.05) is 50.0 Å². The van der Waals surface area contributed by atoms with Gasteiger partial charge < -0.3 is 15.4 Å². The van der Waals surface area contributed by atoms with Crippen molar-refractivity contribution in [1.82, 2.24) is 20.3 Å². The predicted molar refractivity (Wildman–Crippen MR) is 159 cm³/mol. The normalized spacial score (nSPS) is 14.1. The molecule has 202 valence electrons. The van der Waals surface area contributed by atoms with Gasteiger partial charge in [-0.3, -0.25) is 4.90 Å². The molecule has 1 aliphatic heterocycles. The first-order chi connectivity index (χ1) is 19.1. The Morgan fingerprint density at radius 3 is 2.74 bits per heavy atom. The fourth-order valence-corrected chi connectivity index (χ4v) is 5.24. The molecule has 0 unspecified atom stereocenters. The van der Waals surface area contributed by atoms with Crippen LogP contribution in [0.5, 0.6) is 0 Å². The van der Waals surface area contributed by atoms with Crippen LogP contribution in [0.15, 0.2) is 59.0 Å². The van der Waals surface area contributed by atoms with E-state index in [4.69, 9.17) is 37.9 Å². The Kier molecular flexibility index (Phi) is 9.23. The van der Waals surface area contributed by atoms with E-state index in [-0.39, 0.29) is 0 Å². The average Bonchev–Trinajstić information content (AvgIpc) is 3.43. The molecule has 1 saturated heterocycles. The van der Waals surface area contributed by atoms with Gasteiger partial charge >= 0.3 is 6.03 Å². The highest BCUT2D eigenvalue weighted by molar-refractivity contribution is 7.17. The van der Waals surface area contributed by atoms with E-state index in [1.54, 1.807) is 41.7 Å². The van der Waals surface area contributed by atoms with Crippen LogP contribution in [-0.4, -0.2) is 66.5 Å². The standard InChI is InChI=1S/C27H27Cl2N7O2S/c28-21-4-1-3-19(23(21)29)17-31-35-27(37)32-20-7-5-18(6-8-20)25-33-22-9-16-39-24(22)26(34-25)30-10-2-11-36-12-14-38-15-13-36/h1,3-9,16-17H,2,10-15H2,(H,30,33,34)(H2,32,35,37)/b31-17+. The lowest BCUT2D eigenvalue weighted by Crippen LogP contribution is -2.37. The quantitative estimate of drug-likeness (QED) is 0.128. The van der Waals surface area contributed by atoms with Crippen LogP contribution in [0.2, 0.25) is 10.0 Å². The number of hydrogen-bond acceptors (Lipinski definition) is 8. The molecule has 3 N–H and O–H groups in total. The summed E-state index contributed by atoms with van der Waals surface area (Å²) in [7, 11) is 0. The summed E-state index contributed by atoms with van der Waals surface area (Å²) in [6, 6.07) is 14.0. The van der Waals surface area contributed by atoms with E-state index in [9.17, 15) is 4.79 Å². The maximum Gasteiger partial charge on any atom is 0.339 e. The summed E-state index contributed by atoms with van der Waals surface area (Å²) in [6.45, 7) is 5.46. The van der Waals surface area contributed by atoms with Crippen LogP contribution in [-0.2, 0) is 4.74 Å². The molecule has 3 heterocycles. The number of amides is 2. The molecule has 9 nitrogen and oxygen atoms in total. The summed E-state index contributed by atoms with van der Waals surface area (Å²) in [5.74, 6) is 1.46. The van der Waals surface area contributed by atoms with Crippen LogP contribution in [0.3, 0.4) is 0 Å². The maximum atomic E-state index is 12.3. The average molecular weight is 585 g/mol. The van der Waals surface area contributed by atoms with Crippen molar-refractivity contribution in [3.63, 3.8) is 0 Å². The number of rotatable bonds is 9. The van der Waals surface area contributed by atoms with Gasteiger partial charge in [-0.1, -0.05) is 35.3 Å². The molecule has 1 aliphatic rings. The van der Waals surface area contributed by atoms with Crippen molar-refractivity contribution in [1.29, 1.82) is 0 Å². The van der Waals surface area contributed by atoms with Gasteiger partial charge in [-0.15, -0.1) is 11.3 Å². The van der Waals surface area contributed by atoms with E-state index >= 15 is 0 Å². The number of hydrogen-bond donors (Lipinski definition) is 3. The Bertz CT molecular complexity index is 1460. The molecule has 2 aromatic heterocycles. The fourth-order valence-electron chi connectivity index (χ4n) is 4.09. The molecule has 2 aromatic carbocycles. The molecule has 4 aromatic rings. The van der Waals surface area contributed by atoms with Crippen LogP contribution >= 0.6 is 34.5 Å². The Morgan fingerprint density at radius 2 is 1.92 bits per heavy atom. The number of urea groups is 1. The number of benzene rings is 2. The van der Waals surface area contributed by atoms with Gasteiger partial charge in [0.2, 0.25) is 0 Å². The zero-order valence-corrected chi connectivity index (χ0v) is 23.3. The molecule has 0 spiro atoms. The largest absolute Gasteiger partial charge is 0.379 e. The first-order valence-electron chi connectivity index (χ1n) is 12.5. The summed E-state index contributed by atoms with van der Waals surface area (Å²) in [5, 5.41) is 13.0. The fraction of sp³-hybridized carbons (Fsp3) is 0.259. The van der Waals surface area contributed by atoms with Gasteiger partial charge in [0, 0.05) is 36.4 Å². The zero-order valence-electron chi connectivity index (χ0n) is 21.0. The number of ether oxygens (including phenoxy) is 1. The third-order valence-electron chi connectivity index (χ3n) is 6.10. The highest BCUT2D eigenvalue weighted by atomic mass is 35.5. The molecule has 0 saturated carbocycles. The molecular formula is C27H27Cl2N7O2S. The second-order valence-corrected chi connectivity index (χ2v) is 10.5. The number of carbonyl (C=O) groups is 1. The Balaban J connectivity index is 1.19. The molecule has 0 radical (unpaired) electrons. The number of carbonyl (C=O) groups excluding carboxylic acids is 1. The lowest BCUT2D eigenvalue weighted by atomic mass is 10.2. The van der Waals surface area contributed by atoms with E-state index in [2.05, 4.69) is 26.1 Å². The molecular weight excluding hydrogens is 557 g/mol. The highest BCUT2D eigenvalue weighted by Crippen LogP contribution is 2.29. The van der Waals surface area contributed by atoms with Gasteiger partial charge in [-0.2, -0.15) is 5.10 Å². The van der Waals surface area contributed by atoms with Gasteiger partial charge in [0.15, 0.2) is 5.82 Å². The number of halogens is 2. The van der Waals surface area contributed by atoms with Crippen molar-refractivity contribution in [2.45, 2.75) is 6.42 Å². The van der Waals surface area contributed by atoms with Crippen molar-refractivity contribution in [2.24, 2.45) is 5.10 Å². The first-order valence-corrected chi connectivity index (χ1v) is 14.1. The summed E-state index contributed by atoms with van der Waals surface area (Å²) in [5.41, 5.74) is 5.37. The minimum Gasteiger partial charge on any atom is -0.379 e. The van der Waals surface area contributed by atoms with E-state index in [0.717, 1.165) is 67.4 Å². The number of nitrogens with one attached hydrogen (secondary N) is 3. The molecule has 39 heavy (non-hydrogen) atoms. The number of nitrogens with zero attached hydrogens (tertiary/aromatic N) is 4. The number of morpholine rings is 1. The van der Waals surface area contributed by atoms with Gasteiger partial charge in [0.25, 0.3) is 0 Å². The Labute approximate surface area is 240 Å². The lowest BCUT2D eigenvalue weighted by Gasteiger charge is -2.26.